The van der Waals surface area contributed by atoms with Crippen LogP contribution in [0.3, 0.4) is 0 Å². The van der Waals surface area contributed by atoms with Gasteiger partial charge in [-0.15, -0.1) is 21.5 Å². The molecular weight excluding hydrogens is 453 g/mol. The molecule has 0 aliphatic heterocycles. The van der Waals surface area contributed by atoms with Crippen molar-refractivity contribution in [3.63, 3.8) is 0 Å². The average Bonchev–Trinajstić information content (AvgIpc) is 3.47. The molecule has 11 nitrogen and oxygen atoms in total. The van der Waals surface area contributed by atoms with Crippen molar-refractivity contribution >= 4 is 38.4 Å². The fourth-order valence-corrected chi connectivity index (χ4v) is 4.50. The molecule has 0 fully saturated rings. The highest BCUT2D eigenvalue weighted by Crippen LogP contribution is 2.27. The van der Waals surface area contributed by atoms with Gasteiger partial charge in [0, 0.05) is 11.5 Å². The van der Waals surface area contributed by atoms with Crippen LogP contribution in [0.1, 0.15) is 32.9 Å². The number of tetrazole rings is 1. The molecule has 0 spiro atoms. The summed E-state index contributed by atoms with van der Waals surface area (Å²) in [5, 5.41) is 23.5. The summed E-state index contributed by atoms with van der Waals surface area (Å²) in [6.45, 7) is 1.57. The molecule has 3 N–H and O–H groups in total. The Morgan fingerprint density at radius 2 is 2.18 bits per heavy atom. The molecule has 0 bridgehead atoms. The number of hydrogen-bond acceptors (Lipinski definition) is 9. The Kier molecular flexibility index (Phi) is 4.98. The lowest BCUT2D eigenvalue weighted by atomic mass is 10.2. The predicted octanol–water partition coefficient (Wildman–Crippen LogP) is 1.52. The van der Waals surface area contributed by atoms with Gasteiger partial charge in [0.2, 0.25) is 0 Å². The topological polar surface area (TPSA) is 155 Å². The van der Waals surface area contributed by atoms with Crippen LogP contribution in [0, 0.1) is 12.7 Å². The minimum Gasteiger partial charge on any atom is -0.458 e. The summed E-state index contributed by atoms with van der Waals surface area (Å²) in [6.07, 6.45) is 0.248. The van der Waals surface area contributed by atoms with Gasteiger partial charge in [-0.2, -0.15) is 4.80 Å². The van der Waals surface area contributed by atoms with Crippen molar-refractivity contribution in [3.8, 4) is 0 Å². The van der Waals surface area contributed by atoms with Crippen molar-refractivity contribution in [1.82, 2.24) is 29.8 Å². The number of nitrogens with zero attached hydrogens (tertiary/aromatic N) is 6. The summed E-state index contributed by atoms with van der Waals surface area (Å²) in [5.41, 5.74) is 5.82. The van der Waals surface area contributed by atoms with Gasteiger partial charge in [-0.1, -0.05) is 0 Å². The molecule has 0 radical (unpaired) electrons. The molecule has 13 heteroatoms. The summed E-state index contributed by atoms with van der Waals surface area (Å²) < 4.78 is 20.2. The Bertz CT molecular complexity index is 1580. The van der Waals surface area contributed by atoms with Gasteiger partial charge in [-0.3, -0.25) is 14.2 Å². The maximum Gasteiger partial charge on any atom is 0.262 e. The summed E-state index contributed by atoms with van der Waals surface area (Å²) in [7, 11) is 0. The molecule has 168 valence electrons. The van der Waals surface area contributed by atoms with Gasteiger partial charge in [-0.25, -0.2) is 9.37 Å². The number of furan rings is 1. The van der Waals surface area contributed by atoms with Gasteiger partial charge in [-0.05, 0) is 35.9 Å². The second-order valence-corrected chi connectivity index (χ2v) is 8.38. The molecule has 5 aromatic rings. The first-order valence-electron chi connectivity index (χ1n) is 9.72. The fourth-order valence-electron chi connectivity index (χ4n) is 3.51. The van der Waals surface area contributed by atoms with E-state index in [-0.39, 0.29) is 30.2 Å². The van der Waals surface area contributed by atoms with Crippen LogP contribution in [-0.4, -0.2) is 40.8 Å². The number of aliphatic hydroxyl groups excluding tert-OH is 1. The number of halogens is 1. The van der Waals surface area contributed by atoms with Crippen LogP contribution in [0.5, 0.6) is 0 Å². The van der Waals surface area contributed by atoms with Crippen LogP contribution in [0.2, 0.25) is 0 Å². The van der Waals surface area contributed by atoms with E-state index in [2.05, 4.69) is 20.4 Å². The summed E-state index contributed by atoms with van der Waals surface area (Å²) in [5.74, 6) is -0.593. The van der Waals surface area contributed by atoms with E-state index >= 15 is 0 Å². The van der Waals surface area contributed by atoms with E-state index in [1.807, 2.05) is 0 Å². The van der Waals surface area contributed by atoms with Crippen molar-refractivity contribution in [1.29, 1.82) is 0 Å². The Labute approximate surface area is 187 Å². The lowest BCUT2D eigenvalue weighted by molar-refractivity contribution is 0.100. The van der Waals surface area contributed by atoms with Gasteiger partial charge < -0.3 is 15.3 Å². The number of aliphatic hydroxyl groups is 1. The highest BCUT2D eigenvalue weighted by atomic mass is 32.1. The number of carbonyl (C=O) groups excluding carboxylic acids is 1. The number of aryl methyl sites for hydroxylation is 1. The molecule has 1 aromatic carbocycles. The lowest BCUT2D eigenvalue weighted by Crippen LogP contribution is -2.22. The maximum atomic E-state index is 13.3. The molecule has 4 heterocycles. The third kappa shape index (κ3) is 3.76. The van der Waals surface area contributed by atoms with Crippen LogP contribution in [-0.2, 0) is 13.1 Å². The van der Waals surface area contributed by atoms with Crippen molar-refractivity contribution in [2.75, 3.05) is 0 Å². The summed E-state index contributed by atoms with van der Waals surface area (Å²) in [6, 6.07) is 5.71. The van der Waals surface area contributed by atoms with Crippen LogP contribution >= 0.6 is 11.3 Å². The molecule has 0 aliphatic carbocycles. The fraction of sp³-hybridized carbons (Fsp3) is 0.200. The molecule has 0 saturated heterocycles. The zero-order chi connectivity index (χ0) is 23.3. The molecule has 1 amide bonds. The number of primary amides is 1. The third-order valence-corrected chi connectivity index (χ3v) is 6.33. The normalized spacial score (nSPS) is 12.6. The van der Waals surface area contributed by atoms with E-state index in [1.165, 1.54) is 27.8 Å². The van der Waals surface area contributed by atoms with Crippen LogP contribution in [0.15, 0.2) is 39.8 Å². The van der Waals surface area contributed by atoms with Crippen molar-refractivity contribution in [2.45, 2.75) is 26.1 Å². The third-order valence-electron chi connectivity index (χ3n) is 5.11. The SMILES string of the molecule is Cc1c(C(N)=O)sc2ncn(Cc3nnn(C[C@H](O)c4cc5ccc(F)cc5o4)n3)c(=O)c12. The molecule has 0 saturated carbocycles. The first kappa shape index (κ1) is 20.9. The molecule has 1 atom stereocenters. The summed E-state index contributed by atoms with van der Waals surface area (Å²) >= 11 is 1.07. The molecular formula is C20H16FN7O4S. The zero-order valence-electron chi connectivity index (χ0n) is 17.1. The smallest absolute Gasteiger partial charge is 0.262 e. The average molecular weight is 469 g/mol. The standard InChI is InChI=1S/C20H16FN7O4S/c1-9-16-19(33-17(9)18(22)30)23-8-27(20(16)31)7-15-24-26-28(25-15)6-12(29)14-4-10-2-3-11(21)5-13(10)32-14/h2-5,8,12,29H,6-7H2,1H3,(H2,22,30)/t12-/m0/s1. The van der Waals surface area contributed by atoms with Crippen LogP contribution in [0.4, 0.5) is 4.39 Å². The number of nitrogens with two attached hydrogens (primary N) is 1. The van der Waals surface area contributed by atoms with E-state index < -0.39 is 17.8 Å². The predicted molar refractivity (Wildman–Crippen MR) is 115 cm³/mol. The molecule has 0 unspecified atom stereocenters. The maximum absolute atomic E-state index is 13.3. The van der Waals surface area contributed by atoms with E-state index in [0.717, 1.165) is 11.3 Å². The quantitative estimate of drug-likeness (QED) is 0.379. The molecule has 0 aliphatic rings. The number of hydrogen-bond donors (Lipinski definition) is 2. The van der Waals surface area contributed by atoms with E-state index in [0.29, 0.717) is 31.6 Å². The number of carbonyl (C=O) groups is 1. The first-order chi connectivity index (χ1) is 15.8. The number of fused-ring (bicyclic) bond motifs is 2. The highest BCUT2D eigenvalue weighted by molar-refractivity contribution is 7.20. The number of benzene rings is 1. The first-order valence-corrected chi connectivity index (χ1v) is 10.5. The van der Waals surface area contributed by atoms with E-state index in [4.69, 9.17) is 10.2 Å². The van der Waals surface area contributed by atoms with Gasteiger partial charge in [0.1, 0.15) is 28.1 Å². The monoisotopic (exact) mass is 469 g/mol. The van der Waals surface area contributed by atoms with Gasteiger partial charge in [0.25, 0.3) is 11.5 Å². The van der Waals surface area contributed by atoms with Crippen LogP contribution in [0.25, 0.3) is 21.2 Å². The zero-order valence-corrected chi connectivity index (χ0v) is 17.9. The van der Waals surface area contributed by atoms with E-state index in [9.17, 15) is 19.1 Å². The number of rotatable bonds is 6. The summed E-state index contributed by atoms with van der Waals surface area (Å²) in [4.78, 5) is 30.6. The van der Waals surface area contributed by atoms with Gasteiger partial charge in [0.15, 0.2) is 5.82 Å². The Morgan fingerprint density at radius 3 is 2.97 bits per heavy atom. The number of amides is 1. The second-order valence-electron chi connectivity index (χ2n) is 7.39. The Hall–Kier alpha value is -3.97. The molecule has 33 heavy (non-hydrogen) atoms. The number of aromatic nitrogens is 6. The van der Waals surface area contributed by atoms with Crippen LogP contribution < -0.4 is 11.3 Å². The Morgan fingerprint density at radius 1 is 1.36 bits per heavy atom. The Balaban J connectivity index is 1.36. The van der Waals surface area contributed by atoms with Crippen molar-refractivity contribution in [3.05, 3.63) is 68.8 Å². The minimum atomic E-state index is -1.09. The minimum absolute atomic E-state index is 0.0109. The second kappa shape index (κ2) is 7.86. The van der Waals surface area contributed by atoms with Crippen molar-refractivity contribution < 1.29 is 18.7 Å². The largest absolute Gasteiger partial charge is 0.458 e. The van der Waals surface area contributed by atoms with Gasteiger partial charge >= 0.3 is 0 Å². The van der Waals surface area contributed by atoms with E-state index in [1.54, 1.807) is 19.1 Å². The number of thiophene rings is 1. The van der Waals surface area contributed by atoms with Crippen molar-refractivity contribution in [2.24, 2.45) is 5.73 Å². The van der Waals surface area contributed by atoms with Gasteiger partial charge in [0.05, 0.1) is 29.7 Å². The molecule has 5 rings (SSSR count). The molecule has 4 aromatic heterocycles. The lowest BCUT2D eigenvalue weighted by Gasteiger charge is -2.05. The highest BCUT2D eigenvalue weighted by Gasteiger charge is 2.19.